The number of halogens is 1. The highest BCUT2D eigenvalue weighted by Crippen LogP contribution is 2.28. The van der Waals surface area contributed by atoms with Gasteiger partial charge in [-0.25, -0.2) is 9.13 Å². The second-order valence-corrected chi connectivity index (χ2v) is 8.63. The van der Waals surface area contributed by atoms with Crippen LogP contribution in [0.15, 0.2) is 18.7 Å². The summed E-state index contributed by atoms with van der Waals surface area (Å²) >= 11 is 0. The number of nitrogens with zero attached hydrogens (tertiary/aromatic N) is 2. The van der Waals surface area contributed by atoms with E-state index in [-0.39, 0.29) is 17.0 Å². The highest BCUT2D eigenvalue weighted by atomic mass is 79.9. The fraction of sp³-hybridized carbons (Fsp3) is 0.875. The third kappa shape index (κ3) is 11.3. The minimum Gasteiger partial charge on any atom is -1.00 e. The SMILES string of the molecule is CCCCCCCCCCCCCCCC[n+]1ccn(C2CCCC2)c1.[Br-]. The smallest absolute Gasteiger partial charge is 0.243 e. The van der Waals surface area contributed by atoms with E-state index in [1.165, 1.54) is 122 Å². The van der Waals surface area contributed by atoms with E-state index in [1.54, 1.807) is 0 Å². The van der Waals surface area contributed by atoms with Crippen molar-refractivity contribution < 1.29 is 21.5 Å². The first-order valence-corrected chi connectivity index (χ1v) is 12.0. The summed E-state index contributed by atoms with van der Waals surface area (Å²) in [7, 11) is 0. The Labute approximate surface area is 179 Å². The van der Waals surface area contributed by atoms with E-state index in [1.807, 2.05) is 0 Å². The molecular formula is C24H45BrN2. The molecule has 0 bridgehead atoms. The van der Waals surface area contributed by atoms with Crippen LogP contribution in [0.3, 0.4) is 0 Å². The molecule has 0 amide bonds. The quantitative estimate of drug-likeness (QED) is 0.266. The summed E-state index contributed by atoms with van der Waals surface area (Å²) in [5.41, 5.74) is 0. The average Bonchev–Trinajstić information content (AvgIpc) is 3.33. The van der Waals surface area contributed by atoms with Crippen LogP contribution in [-0.2, 0) is 6.54 Å². The van der Waals surface area contributed by atoms with Crippen LogP contribution in [0.1, 0.15) is 129 Å². The number of hydrogen-bond donors (Lipinski definition) is 0. The summed E-state index contributed by atoms with van der Waals surface area (Å²) in [5.74, 6) is 0. The minimum absolute atomic E-state index is 0. The fourth-order valence-corrected chi connectivity index (χ4v) is 4.45. The highest BCUT2D eigenvalue weighted by molar-refractivity contribution is 4.79. The van der Waals surface area contributed by atoms with Crippen molar-refractivity contribution in [2.75, 3.05) is 0 Å². The Morgan fingerprint density at radius 1 is 0.741 bits per heavy atom. The van der Waals surface area contributed by atoms with Crippen LogP contribution in [0.5, 0.6) is 0 Å². The first kappa shape index (κ1) is 24.7. The summed E-state index contributed by atoms with van der Waals surface area (Å²) in [4.78, 5) is 0. The normalized spacial score (nSPS) is 14.6. The van der Waals surface area contributed by atoms with E-state index in [9.17, 15) is 0 Å². The van der Waals surface area contributed by atoms with Gasteiger partial charge in [0.15, 0.2) is 0 Å². The van der Waals surface area contributed by atoms with Crippen LogP contribution >= 0.6 is 0 Å². The largest absolute Gasteiger partial charge is 1.00 e. The molecule has 0 radical (unpaired) electrons. The molecule has 2 rings (SSSR count). The summed E-state index contributed by atoms with van der Waals surface area (Å²) in [6, 6.07) is 0.785. The van der Waals surface area contributed by atoms with Crippen LogP contribution in [0.25, 0.3) is 0 Å². The zero-order valence-electron chi connectivity index (χ0n) is 18.0. The van der Waals surface area contributed by atoms with E-state index < -0.39 is 0 Å². The van der Waals surface area contributed by atoms with Crippen molar-refractivity contribution >= 4 is 0 Å². The molecule has 1 aliphatic carbocycles. The monoisotopic (exact) mass is 440 g/mol. The van der Waals surface area contributed by atoms with Gasteiger partial charge in [0.25, 0.3) is 0 Å². The van der Waals surface area contributed by atoms with Gasteiger partial charge < -0.3 is 17.0 Å². The number of aryl methyl sites for hydroxylation is 1. The molecule has 0 saturated heterocycles. The van der Waals surface area contributed by atoms with Gasteiger partial charge >= 0.3 is 0 Å². The van der Waals surface area contributed by atoms with E-state index >= 15 is 0 Å². The average molecular weight is 442 g/mol. The molecule has 3 heteroatoms. The molecule has 158 valence electrons. The zero-order valence-corrected chi connectivity index (χ0v) is 19.6. The van der Waals surface area contributed by atoms with Crippen molar-refractivity contribution in [2.24, 2.45) is 0 Å². The lowest BCUT2D eigenvalue weighted by molar-refractivity contribution is -0.697. The topological polar surface area (TPSA) is 8.81 Å². The van der Waals surface area contributed by atoms with Gasteiger partial charge in [-0.15, -0.1) is 0 Å². The Kier molecular flexibility index (Phi) is 15.2. The molecule has 2 nitrogen and oxygen atoms in total. The number of hydrogen-bond acceptors (Lipinski definition) is 0. The Morgan fingerprint density at radius 3 is 1.74 bits per heavy atom. The molecule has 27 heavy (non-hydrogen) atoms. The Hall–Kier alpha value is -0.310. The zero-order chi connectivity index (χ0) is 18.3. The number of rotatable bonds is 16. The summed E-state index contributed by atoms with van der Waals surface area (Å²) in [6.07, 6.45) is 32.7. The van der Waals surface area contributed by atoms with Crippen LogP contribution < -0.4 is 21.5 Å². The standard InChI is InChI=1S/C24H45N2.BrH/c1-2-3-4-5-6-7-8-9-10-11-12-13-14-17-20-25-21-22-26(23-25)24-18-15-16-19-24;/h21-24H,2-20H2,1H3;1H/q+1;/p-1. The van der Waals surface area contributed by atoms with Gasteiger partial charge in [0.1, 0.15) is 18.4 Å². The number of imidazole rings is 1. The molecular weight excluding hydrogens is 396 g/mol. The summed E-state index contributed by atoms with van der Waals surface area (Å²) in [6.45, 7) is 3.50. The lowest BCUT2D eigenvalue weighted by atomic mass is 10.0. The van der Waals surface area contributed by atoms with E-state index in [4.69, 9.17) is 0 Å². The minimum atomic E-state index is 0. The van der Waals surface area contributed by atoms with Crippen LogP contribution in [0.4, 0.5) is 0 Å². The first-order chi connectivity index (χ1) is 12.9. The molecule has 1 aromatic rings. The number of unbranched alkanes of at least 4 members (excludes halogenated alkanes) is 13. The molecule has 0 unspecified atom stereocenters. The molecule has 0 aromatic carbocycles. The van der Waals surface area contributed by atoms with Crippen molar-refractivity contribution in [3.8, 4) is 0 Å². The fourth-order valence-electron chi connectivity index (χ4n) is 4.45. The Bertz CT molecular complexity index is 437. The van der Waals surface area contributed by atoms with Crippen LogP contribution in [0, 0.1) is 0 Å². The van der Waals surface area contributed by atoms with Gasteiger partial charge in [0.05, 0.1) is 6.54 Å². The first-order valence-electron chi connectivity index (χ1n) is 12.0. The van der Waals surface area contributed by atoms with E-state index in [0.717, 1.165) is 6.04 Å². The summed E-state index contributed by atoms with van der Waals surface area (Å²) < 4.78 is 4.86. The van der Waals surface area contributed by atoms with Gasteiger partial charge in [-0.3, -0.25) is 0 Å². The van der Waals surface area contributed by atoms with Crippen molar-refractivity contribution in [3.63, 3.8) is 0 Å². The van der Waals surface area contributed by atoms with Gasteiger partial charge in [-0.2, -0.15) is 0 Å². The molecule has 1 saturated carbocycles. The molecule has 1 heterocycles. The molecule has 0 spiro atoms. The third-order valence-electron chi connectivity index (χ3n) is 6.23. The molecule has 1 fully saturated rings. The lowest BCUT2D eigenvalue weighted by Gasteiger charge is -2.04. The van der Waals surface area contributed by atoms with Crippen molar-refractivity contribution in [3.05, 3.63) is 18.7 Å². The maximum Gasteiger partial charge on any atom is 0.243 e. The Morgan fingerprint density at radius 2 is 1.22 bits per heavy atom. The second-order valence-electron chi connectivity index (χ2n) is 8.63. The van der Waals surface area contributed by atoms with Gasteiger partial charge in [0.2, 0.25) is 6.33 Å². The predicted octanol–water partition coefficient (Wildman–Crippen LogP) is 4.38. The van der Waals surface area contributed by atoms with Crippen molar-refractivity contribution in [2.45, 2.75) is 135 Å². The molecule has 1 aliphatic rings. The predicted molar refractivity (Wildman–Crippen MR) is 112 cm³/mol. The molecule has 1 aromatic heterocycles. The van der Waals surface area contributed by atoms with E-state index in [2.05, 4.69) is 34.8 Å². The highest BCUT2D eigenvalue weighted by Gasteiger charge is 2.21. The lowest BCUT2D eigenvalue weighted by Crippen LogP contribution is -3.00. The van der Waals surface area contributed by atoms with Gasteiger partial charge in [-0.05, 0) is 38.5 Å². The van der Waals surface area contributed by atoms with Crippen molar-refractivity contribution in [1.82, 2.24) is 4.57 Å². The maximum atomic E-state index is 2.46. The van der Waals surface area contributed by atoms with Gasteiger partial charge in [-0.1, -0.05) is 84.0 Å². The number of aromatic nitrogens is 2. The molecule has 0 aliphatic heterocycles. The van der Waals surface area contributed by atoms with Crippen molar-refractivity contribution in [1.29, 1.82) is 0 Å². The second kappa shape index (κ2) is 16.6. The van der Waals surface area contributed by atoms with Crippen LogP contribution in [0.2, 0.25) is 0 Å². The van der Waals surface area contributed by atoms with Crippen LogP contribution in [-0.4, -0.2) is 4.57 Å². The molecule has 0 N–H and O–H groups in total. The third-order valence-corrected chi connectivity index (χ3v) is 6.23. The van der Waals surface area contributed by atoms with Gasteiger partial charge in [0, 0.05) is 0 Å². The molecule has 0 atom stereocenters. The Balaban J connectivity index is 0.00000364. The summed E-state index contributed by atoms with van der Waals surface area (Å²) in [5, 5.41) is 0. The van der Waals surface area contributed by atoms with E-state index in [0.29, 0.717) is 0 Å². The maximum absolute atomic E-state index is 2.46.